The SMILES string of the molecule is CC1(O)CCCN(CC(O)COc2cccc(N)c2)C1. The van der Waals surface area contributed by atoms with Crippen LogP contribution in [-0.2, 0) is 0 Å². The summed E-state index contributed by atoms with van der Waals surface area (Å²) in [6.45, 7) is 4.09. The van der Waals surface area contributed by atoms with Gasteiger partial charge in [0.1, 0.15) is 18.5 Å². The zero-order chi connectivity index (χ0) is 14.6. The molecule has 1 aromatic carbocycles. The zero-order valence-corrected chi connectivity index (χ0v) is 12.0. The monoisotopic (exact) mass is 280 g/mol. The third-order valence-electron chi connectivity index (χ3n) is 3.52. The number of nitrogens with two attached hydrogens (primary N) is 1. The van der Waals surface area contributed by atoms with Gasteiger partial charge in [-0.3, -0.25) is 4.90 Å². The van der Waals surface area contributed by atoms with Crippen LogP contribution in [0.2, 0.25) is 0 Å². The van der Waals surface area contributed by atoms with E-state index in [1.165, 1.54) is 0 Å². The summed E-state index contributed by atoms with van der Waals surface area (Å²) < 4.78 is 5.52. The minimum Gasteiger partial charge on any atom is -0.491 e. The van der Waals surface area contributed by atoms with E-state index >= 15 is 0 Å². The Morgan fingerprint density at radius 2 is 2.30 bits per heavy atom. The lowest BCUT2D eigenvalue weighted by Gasteiger charge is -2.37. The van der Waals surface area contributed by atoms with Gasteiger partial charge in [-0.15, -0.1) is 0 Å². The van der Waals surface area contributed by atoms with Crippen molar-refractivity contribution in [1.29, 1.82) is 0 Å². The Balaban J connectivity index is 1.76. The van der Waals surface area contributed by atoms with Gasteiger partial charge in [0.05, 0.1) is 5.60 Å². The van der Waals surface area contributed by atoms with Crippen LogP contribution >= 0.6 is 0 Å². The molecule has 1 fully saturated rings. The molecule has 2 rings (SSSR count). The number of nitrogens with zero attached hydrogens (tertiary/aromatic N) is 1. The molecule has 4 N–H and O–H groups in total. The van der Waals surface area contributed by atoms with E-state index in [9.17, 15) is 10.2 Å². The van der Waals surface area contributed by atoms with Crippen LogP contribution in [0.25, 0.3) is 0 Å². The van der Waals surface area contributed by atoms with E-state index in [2.05, 4.69) is 4.90 Å². The Hall–Kier alpha value is -1.30. The molecule has 20 heavy (non-hydrogen) atoms. The van der Waals surface area contributed by atoms with Gasteiger partial charge >= 0.3 is 0 Å². The summed E-state index contributed by atoms with van der Waals surface area (Å²) >= 11 is 0. The van der Waals surface area contributed by atoms with Gasteiger partial charge in [0.15, 0.2) is 0 Å². The summed E-state index contributed by atoms with van der Waals surface area (Å²) in [7, 11) is 0. The molecule has 1 aliphatic rings. The van der Waals surface area contributed by atoms with Crippen molar-refractivity contribution in [2.45, 2.75) is 31.5 Å². The molecule has 1 aliphatic heterocycles. The number of nitrogen functional groups attached to an aromatic ring is 1. The van der Waals surface area contributed by atoms with Crippen molar-refractivity contribution in [2.75, 3.05) is 32.0 Å². The lowest BCUT2D eigenvalue weighted by atomic mass is 9.95. The maximum absolute atomic E-state index is 10.0. The second kappa shape index (κ2) is 6.43. The van der Waals surface area contributed by atoms with E-state index in [1.807, 2.05) is 19.1 Å². The van der Waals surface area contributed by atoms with Gasteiger partial charge in [-0.1, -0.05) is 6.07 Å². The minimum atomic E-state index is -0.646. The lowest BCUT2D eigenvalue weighted by molar-refractivity contribution is -0.0323. The van der Waals surface area contributed by atoms with E-state index < -0.39 is 11.7 Å². The molecule has 5 nitrogen and oxygen atoms in total. The maximum Gasteiger partial charge on any atom is 0.121 e. The molecule has 5 heteroatoms. The largest absolute Gasteiger partial charge is 0.491 e. The summed E-state index contributed by atoms with van der Waals surface area (Å²) in [5.41, 5.74) is 5.66. The highest BCUT2D eigenvalue weighted by atomic mass is 16.5. The molecule has 0 bridgehead atoms. The van der Waals surface area contributed by atoms with Crippen molar-refractivity contribution in [1.82, 2.24) is 4.90 Å². The molecular weight excluding hydrogens is 256 g/mol. The number of hydrogen-bond donors (Lipinski definition) is 3. The third-order valence-corrected chi connectivity index (χ3v) is 3.52. The van der Waals surface area contributed by atoms with Crippen LogP contribution in [0.1, 0.15) is 19.8 Å². The lowest BCUT2D eigenvalue weighted by Crippen LogP contribution is -2.49. The topological polar surface area (TPSA) is 79.0 Å². The third kappa shape index (κ3) is 4.67. The predicted octanol–water partition coefficient (Wildman–Crippen LogP) is 0.855. The molecule has 0 saturated carbocycles. The first-order valence-corrected chi connectivity index (χ1v) is 7.06. The maximum atomic E-state index is 10.0. The number of hydrogen-bond acceptors (Lipinski definition) is 5. The highest BCUT2D eigenvalue weighted by molar-refractivity contribution is 5.43. The number of benzene rings is 1. The molecule has 0 aromatic heterocycles. The number of ether oxygens (including phenoxy) is 1. The van der Waals surface area contributed by atoms with Crippen LogP contribution in [0.15, 0.2) is 24.3 Å². The molecule has 1 saturated heterocycles. The van der Waals surface area contributed by atoms with Crippen LogP contribution < -0.4 is 10.5 Å². The van der Waals surface area contributed by atoms with Gasteiger partial charge in [0, 0.05) is 24.8 Å². The molecule has 1 heterocycles. The van der Waals surface area contributed by atoms with E-state index in [1.54, 1.807) is 12.1 Å². The normalized spacial score (nSPS) is 25.4. The Kier molecular flexibility index (Phi) is 4.86. The summed E-state index contributed by atoms with van der Waals surface area (Å²) in [6, 6.07) is 7.16. The standard InChI is InChI=1S/C15H24N2O3/c1-15(19)6-3-7-17(11-15)9-13(18)10-20-14-5-2-4-12(16)8-14/h2,4-5,8,13,18-19H,3,6-7,9-11,16H2,1H3. The number of anilines is 1. The second-order valence-electron chi connectivity index (χ2n) is 5.87. The number of aliphatic hydroxyl groups is 2. The second-order valence-corrected chi connectivity index (χ2v) is 5.87. The predicted molar refractivity (Wildman–Crippen MR) is 78.7 cm³/mol. The number of likely N-dealkylation sites (tertiary alicyclic amines) is 1. The number of piperidine rings is 1. The molecule has 112 valence electrons. The van der Waals surface area contributed by atoms with Gasteiger partial charge in [-0.25, -0.2) is 0 Å². The Morgan fingerprint density at radius 1 is 1.50 bits per heavy atom. The van der Waals surface area contributed by atoms with Gasteiger partial charge in [0.2, 0.25) is 0 Å². The van der Waals surface area contributed by atoms with Gasteiger partial charge in [-0.2, -0.15) is 0 Å². The summed E-state index contributed by atoms with van der Waals surface area (Å²) in [6.07, 6.45) is 1.19. The molecular formula is C15H24N2O3. The van der Waals surface area contributed by atoms with E-state index in [0.29, 0.717) is 24.5 Å². The number of rotatable bonds is 5. The fourth-order valence-electron chi connectivity index (χ4n) is 2.63. The Morgan fingerprint density at radius 3 is 3.00 bits per heavy atom. The van der Waals surface area contributed by atoms with E-state index in [0.717, 1.165) is 19.4 Å². The fraction of sp³-hybridized carbons (Fsp3) is 0.600. The average Bonchev–Trinajstić information content (AvgIpc) is 2.35. The van der Waals surface area contributed by atoms with Crippen molar-refractivity contribution in [3.05, 3.63) is 24.3 Å². The molecule has 2 atom stereocenters. The molecule has 1 aromatic rings. The van der Waals surface area contributed by atoms with Crippen molar-refractivity contribution in [3.8, 4) is 5.75 Å². The first-order chi connectivity index (χ1) is 9.44. The minimum absolute atomic E-state index is 0.224. The number of aliphatic hydroxyl groups excluding tert-OH is 1. The van der Waals surface area contributed by atoms with Crippen LogP contribution in [-0.4, -0.2) is 53.1 Å². The average molecular weight is 280 g/mol. The zero-order valence-electron chi connectivity index (χ0n) is 12.0. The molecule has 0 radical (unpaired) electrons. The Labute approximate surface area is 120 Å². The quantitative estimate of drug-likeness (QED) is 0.697. The van der Waals surface area contributed by atoms with Gasteiger partial charge in [0.25, 0.3) is 0 Å². The summed E-state index contributed by atoms with van der Waals surface area (Å²) in [4.78, 5) is 2.08. The van der Waals surface area contributed by atoms with Gasteiger partial charge < -0.3 is 20.7 Å². The van der Waals surface area contributed by atoms with Crippen LogP contribution in [0.5, 0.6) is 5.75 Å². The highest BCUT2D eigenvalue weighted by Crippen LogP contribution is 2.20. The molecule has 0 aliphatic carbocycles. The van der Waals surface area contributed by atoms with Crippen LogP contribution in [0.4, 0.5) is 5.69 Å². The summed E-state index contributed by atoms with van der Waals surface area (Å²) in [5.74, 6) is 0.662. The smallest absolute Gasteiger partial charge is 0.121 e. The van der Waals surface area contributed by atoms with Crippen molar-refractivity contribution < 1.29 is 14.9 Å². The van der Waals surface area contributed by atoms with Crippen molar-refractivity contribution >= 4 is 5.69 Å². The van der Waals surface area contributed by atoms with E-state index in [4.69, 9.17) is 10.5 Å². The first-order valence-electron chi connectivity index (χ1n) is 7.06. The van der Waals surface area contributed by atoms with Gasteiger partial charge in [-0.05, 0) is 38.4 Å². The highest BCUT2D eigenvalue weighted by Gasteiger charge is 2.29. The Bertz CT molecular complexity index is 437. The van der Waals surface area contributed by atoms with Crippen molar-refractivity contribution in [3.63, 3.8) is 0 Å². The molecule has 0 spiro atoms. The van der Waals surface area contributed by atoms with Crippen molar-refractivity contribution in [2.24, 2.45) is 0 Å². The summed E-state index contributed by atoms with van der Waals surface area (Å²) in [5, 5.41) is 20.1. The fourth-order valence-corrected chi connectivity index (χ4v) is 2.63. The van der Waals surface area contributed by atoms with Crippen LogP contribution in [0.3, 0.4) is 0 Å². The first kappa shape index (κ1) is 15.1. The molecule has 2 unspecified atom stereocenters. The number of β-amino-alcohol motifs (C(OH)–C–C–N with tert-alkyl or cyclic N) is 2. The van der Waals surface area contributed by atoms with Crippen LogP contribution in [0, 0.1) is 0 Å². The molecule has 0 amide bonds. The van der Waals surface area contributed by atoms with E-state index in [-0.39, 0.29) is 6.61 Å².